The molecule has 0 aliphatic carbocycles. The average molecular weight is 492 g/mol. The number of alkyl halides is 1. The number of nitrogens with zero attached hydrogens (tertiary/aromatic N) is 3. The smallest absolute Gasteiger partial charge is 0.303 e. The summed E-state index contributed by atoms with van der Waals surface area (Å²) in [7, 11) is 0. The fourth-order valence-electron chi connectivity index (χ4n) is 2.98. The Bertz CT molecular complexity index is 799. The maximum Gasteiger partial charge on any atom is 0.303 e. The van der Waals surface area contributed by atoms with Crippen molar-refractivity contribution in [2.24, 2.45) is 0 Å². The van der Waals surface area contributed by atoms with Crippen LogP contribution in [0.1, 0.15) is 39.7 Å². The third kappa shape index (κ3) is 5.98. The summed E-state index contributed by atoms with van der Waals surface area (Å²) >= 11 is 3.28. The molecule has 2 heterocycles. The number of halogens is 1. The van der Waals surface area contributed by atoms with Crippen molar-refractivity contribution in [3.63, 3.8) is 0 Å². The molecule has 1 aliphatic heterocycles. The van der Waals surface area contributed by atoms with Gasteiger partial charge in [-0.05, 0) is 0 Å². The lowest BCUT2D eigenvalue weighted by molar-refractivity contribution is -0.270. The van der Waals surface area contributed by atoms with E-state index in [2.05, 4.69) is 26.0 Å². The van der Waals surface area contributed by atoms with Crippen LogP contribution in [0.4, 0.5) is 0 Å². The molecule has 0 amide bonds. The third-order valence-corrected chi connectivity index (χ3v) is 4.48. The number of hydrogen-bond donors (Lipinski definition) is 0. The molecule has 13 heteroatoms. The van der Waals surface area contributed by atoms with Crippen molar-refractivity contribution in [3.8, 4) is 0 Å². The van der Waals surface area contributed by atoms with Gasteiger partial charge in [0.15, 0.2) is 24.5 Å². The summed E-state index contributed by atoms with van der Waals surface area (Å²) in [6.45, 7) is 4.36. The fourth-order valence-corrected chi connectivity index (χ4v) is 3.39. The quantitative estimate of drug-likeness (QED) is 0.297. The highest BCUT2D eigenvalue weighted by molar-refractivity contribution is 9.08. The van der Waals surface area contributed by atoms with E-state index in [0.29, 0.717) is 11.2 Å². The van der Waals surface area contributed by atoms with Gasteiger partial charge in [0.25, 0.3) is 0 Å². The molecule has 0 aromatic carbocycles. The molecule has 30 heavy (non-hydrogen) atoms. The fraction of sp³-hybridized carbons (Fsp3) is 0.647. The van der Waals surface area contributed by atoms with Crippen molar-refractivity contribution in [3.05, 3.63) is 12.2 Å². The van der Waals surface area contributed by atoms with Crippen molar-refractivity contribution in [1.82, 2.24) is 14.8 Å². The molecule has 5 unspecified atom stereocenters. The van der Waals surface area contributed by atoms with Crippen molar-refractivity contribution in [2.45, 2.75) is 63.7 Å². The molecule has 1 aromatic heterocycles. The van der Waals surface area contributed by atoms with Gasteiger partial charge >= 0.3 is 23.9 Å². The van der Waals surface area contributed by atoms with E-state index >= 15 is 0 Å². The van der Waals surface area contributed by atoms with Crippen LogP contribution < -0.4 is 0 Å². The maximum absolute atomic E-state index is 11.8. The van der Waals surface area contributed by atoms with Crippen LogP contribution in [0.2, 0.25) is 0 Å². The predicted octanol–water partition coefficient (Wildman–Crippen LogP) is 0.429. The lowest BCUT2D eigenvalue weighted by atomic mass is 9.97. The van der Waals surface area contributed by atoms with E-state index in [4.69, 9.17) is 23.7 Å². The van der Waals surface area contributed by atoms with Crippen LogP contribution in [0, 0.1) is 0 Å². The van der Waals surface area contributed by atoms with E-state index in [-0.39, 0.29) is 6.61 Å². The van der Waals surface area contributed by atoms with Crippen LogP contribution in [0.25, 0.3) is 0 Å². The molecule has 2 rings (SSSR count). The maximum atomic E-state index is 11.8. The number of ether oxygens (including phenoxy) is 5. The SMILES string of the molecule is CC(=O)OCC1OC(n2ncnc2CBr)C(OC(C)=O)C(OC(C)=O)C1OC(C)=O. The Labute approximate surface area is 180 Å². The lowest BCUT2D eigenvalue weighted by Gasteiger charge is -2.44. The van der Waals surface area contributed by atoms with Gasteiger partial charge in [0.05, 0.1) is 5.33 Å². The van der Waals surface area contributed by atoms with E-state index in [0.717, 1.165) is 13.8 Å². The summed E-state index contributed by atoms with van der Waals surface area (Å²) in [4.78, 5) is 50.7. The summed E-state index contributed by atoms with van der Waals surface area (Å²) < 4.78 is 28.4. The summed E-state index contributed by atoms with van der Waals surface area (Å²) in [5.41, 5.74) is 0. The molecular formula is C17H22BrN3O9. The number of carbonyl (C=O) groups excluding carboxylic acids is 4. The molecular weight excluding hydrogens is 470 g/mol. The van der Waals surface area contributed by atoms with Crippen LogP contribution in [-0.4, -0.2) is 69.7 Å². The monoisotopic (exact) mass is 491 g/mol. The van der Waals surface area contributed by atoms with Gasteiger partial charge < -0.3 is 23.7 Å². The van der Waals surface area contributed by atoms with E-state index in [1.54, 1.807) is 0 Å². The highest BCUT2D eigenvalue weighted by atomic mass is 79.9. The first-order chi connectivity index (χ1) is 14.1. The van der Waals surface area contributed by atoms with Gasteiger partial charge in [-0.3, -0.25) is 19.2 Å². The normalized spacial score (nSPS) is 25.8. The Hall–Kier alpha value is -2.54. The van der Waals surface area contributed by atoms with Gasteiger partial charge in [0.2, 0.25) is 0 Å². The second-order valence-corrected chi connectivity index (χ2v) is 6.91. The Balaban J connectivity index is 2.53. The summed E-state index contributed by atoms with van der Waals surface area (Å²) in [5.74, 6) is -2.26. The zero-order valence-corrected chi connectivity index (χ0v) is 18.4. The minimum atomic E-state index is -1.26. The molecule has 0 radical (unpaired) electrons. The molecule has 0 bridgehead atoms. The second-order valence-electron chi connectivity index (χ2n) is 6.34. The van der Waals surface area contributed by atoms with Gasteiger partial charge in [0, 0.05) is 27.7 Å². The topological polar surface area (TPSA) is 145 Å². The molecule has 0 spiro atoms. The van der Waals surface area contributed by atoms with Gasteiger partial charge in [-0.15, -0.1) is 0 Å². The Morgan fingerprint density at radius 2 is 1.53 bits per heavy atom. The number of rotatable bonds is 7. The predicted molar refractivity (Wildman–Crippen MR) is 99.9 cm³/mol. The minimum Gasteiger partial charge on any atom is -0.463 e. The van der Waals surface area contributed by atoms with Crippen LogP contribution in [0.3, 0.4) is 0 Å². The van der Waals surface area contributed by atoms with E-state index in [9.17, 15) is 19.2 Å². The molecule has 1 fully saturated rings. The van der Waals surface area contributed by atoms with Crippen molar-refractivity contribution in [1.29, 1.82) is 0 Å². The van der Waals surface area contributed by atoms with Gasteiger partial charge in [-0.1, -0.05) is 15.9 Å². The van der Waals surface area contributed by atoms with Gasteiger partial charge in [0.1, 0.15) is 24.9 Å². The number of hydrogen-bond acceptors (Lipinski definition) is 11. The highest BCUT2D eigenvalue weighted by Gasteiger charge is 2.53. The first-order valence-electron chi connectivity index (χ1n) is 8.88. The first kappa shape index (κ1) is 23.7. The summed E-state index contributed by atoms with van der Waals surface area (Å²) in [5, 5.41) is 4.39. The van der Waals surface area contributed by atoms with Crippen LogP contribution in [0.5, 0.6) is 0 Å². The Kier molecular flexibility index (Phi) is 8.29. The summed E-state index contributed by atoms with van der Waals surface area (Å²) in [6, 6.07) is 0. The zero-order chi connectivity index (χ0) is 22.4. The molecule has 0 N–H and O–H groups in total. The van der Waals surface area contributed by atoms with Crippen LogP contribution in [0.15, 0.2) is 6.33 Å². The molecule has 1 aliphatic rings. The first-order valence-corrected chi connectivity index (χ1v) is 10.0. The standard InChI is InChI=1S/C17H22BrN3O9/c1-8(22)26-6-12-14(27-9(2)23)15(28-10(3)24)16(29-11(4)25)17(30-12)21-13(5-18)19-7-20-21/h7,12,14-17H,5-6H2,1-4H3. The van der Waals surface area contributed by atoms with Crippen molar-refractivity contribution in [2.75, 3.05) is 6.61 Å². The Morgan fingerprint density at radius 3 is 2.07 bits per heavy atom. The molecule has 12 nitrogen and oxygen atoms in total. The zero-order valence-electron chi connectivity index (χ0n) is 16.8. The van der Waals surface area contributed by atoms with Crippen molar-refractivity contribution >= 4 is 39.8 Å². The average Bonchev–Trinajstić information content (AvgIpc) is 3.10. The van der Waals surface area contributed by atoms with Crippen LogP contribution in [-0.2, 0) is 48.2 Å². The van der Waals surface area contributed by atoms with E-state index in [1.807, 2.05) is 0 Å². The Morgan fingerprint density at radius 1 is 0.967 bits per heavy atom. The largest absolute Gasteiger partial charge is 0.463 e. The van der Waals surface area contributed by atoms with Crippen molar-refractivity contribution < 1.29 is 42.9 Å². The molecule has 0 saturated carbocycles. The molecule has 166 valence electrons. The minimum absolute atomic E-state index is 0.292. The second kappa shape index (κ2) is 10.5. The molecule has 1 saturated heterocycles. The third-order valence-electron chi connectivity index (χ3n) is 3.97. The summed E-state index contributed by atoms with van der Waals surface area (Å²) in [6.07, 6.45) is -4.61. The van der Waals surface area contributed by atoms with Crippen LogP contribution >= 0.6 is 15.9 Å². The van der Waals surface area contributed by atoms with E-state index < -0.39 is 54.5 Å². The van der Waals surface area contributed by atoms with E-state index in [1.165, 1.54) is 24.9 Å². The molecule has 5 atom stereocenters. The van der Waals surface area contributed by atoms with Gasteiger partial charge in [-0.25, -0.2) is 9.67 Å². The lowest BCUT2D eigenvalue weighted by Crippen LogP contribution is -2.60. The number of esters is 4. The molecule has 1 aromatic rings. The number of carbonyl (C=O) groups is 4. The highest BCUT2D eigenvalue weighted by Crippen LogP contribution is 2.35. The number of aromatic nitrogens is 3. The van der Waals surface area contributed by atoms with Gasteiger partial charge in [-0.2, -0.15) is 5.10 Å².